The van der Waals surface area contributed by atoms with Gasteiger partial charge in [0, 0.05) is 41.5 Å². The van der Waals surface area contributed by atoms with Crippen molar-refractivity contribution < 1.29 is 37.0 Å². The summed E-state index contributed by atoms with van der Waals surface area (Å²) in [6.07, 6.45) is 0. The SMILES string of the molecule is CCO.CCO.CCO.[Ti].[c-]1cccc2ccccc12. The van der Waals surface area contributed by atoms with Crippen LogP contribution in [0.2, 0.25) is 0 Å². The van der Waals surface area contributed by atoms with Crippen LogP contribution in [0, 0.1) is 6.07 Å². The number of benzene rings is 2. The molecule has 0 radical (unpaired) electrons. The summed E-state index contributed by atoms with van der Waals surface area (Å²) in [5, 5.41) is 25.1. The third kappa shape index (κ3) is 15.4. The molecule has 4 heteroatoms. The summed E-state index contributed by atoms with van der Waals surface area (Å²) in [6.45, 7) is 5.79. The average molecular weight is 313 g/mol. The zero-order valence-corrected chi connectivity index (χ0v) is 14.1. The fraction of sp³-hybridized carbons (Fsp3) is 0.375. The maximum atomic E-state index is 7.57. The Bertz CT molecular complexity index is 324. The zero-order chi connectivity index (χ0) is 14.9. The first kappa shape index (κ1) is 24.3. The van der Waals surface area contributed by atoms with Crippen molar-refractivity contribution in [3.05, 3.63) is 48.5 Å². The second-order valence-electron chi connectivity index (χ2n) is 3.21. The molecule has 0 aromatic heterocycles. The summed E-state index contributed by atoms with van der Waals surface area (Å²) in [6, 6.07) is 17.4. The van der Waals surface area contributed by atoms with Crippen molar-refractivity contribution in [2.45, 2.75) is 20.8 Å². The standard InChI is InChI=1S/C10H7.3C2H6O.Ti/c1-2-6-10-8-4-3-7-9(10)5-1;3*1-2-3;/h1-7H;3*3H,2H2,1H3;/q-1;;;;. The molecule has 0 amide bonds. The van der Waals surface area contributed by atoms with E-state index in [9.17, 15) is 0 Å². The second-order valence-corrected chi connectivity index (χ2v) is 3.21. The van der Waals surface area contributed by atoms with Gasteiger partial charge in [0.05, 0.1) is 0 Å². The molecule has 0 aliphatic heterocycles. The number of aliphatic hydroxyl groups excluding tert-OH is 3. The Morgan fingerprint density at radius 1 is 0.800 bits per heavy atom. The van der Waals surface area contributed by atoms with Crippen LogP contribution in [0.5, 0.6) is 0 Å². The van der Waals surface area contributed by atoms with Crippen LogP contribution in [0.4, 0.5) is 0 Å². The van der Waals surface area contributed by atoms with Gasteiger partial charge in [0.25, 0.3) is 0 Å². The first-order chi connectivity index (χ1) is 9.21. The Kier molecular flexibility index (Phi) is 25.1. The fourth-order valence-electron chi connectivity index (χ4n) is 1.06. The second kappa shape index (κ2) is 20.6. The van der Waals surface area contributed by atoms with E-state index in [1.165, 1.54) is 10.8 Å². The number of aliphatic hydroxyl groups is 3. The number of fused-ring (bicyclic) bond motifs is 1. The predicted molar refractivity (Wildman–Crippen MR) is 81.1 cm³/mol. The molecule has 0 unspecified atom stereocenters. The summed E-state index contributed by atoms with van der Waals surface area (Å²) in [7, 11) is 0. The first-order valence-electron chi connectivity index (χ1n) is 6.39. The van der Waals surface area contributed by atoms with Gasteiger partial charge in [0.1, 0.15) is 0 Å². The van der Waals surface area contributed by atoms with Gasteiger partial charge in [-0.05, 0) is 20.8 Å². The monoisotopic (exact) mass is 313 g/mol. The van der Waals surface area contributed by atoms with Crippen LogP contribution < -0.4 is 0 Å². The average Bonchev–Trinajstić information content (AvgIpc) is 2.42. The molecule has 0 aliphatic rings. The van der Waals surface area contributed by atoms with Gasteiger partial charge >= 0.3 is 0 Å². The molecule has 0 spiro atoms. The van der Waals surface area contributed by atoms with Gasteiger partial charge in [-0.25, -0.2) is 0 Å². The van der Waals surface area contributed by atoms with Gasteiger partial charge in [0.15, 0.2) is 0 Å². The van der Waals surface area contributed by atoms with Crippen molar-refractivity contribution in [1.82, 2.24) is 0 Å². The smallest absolute Gasteiger partial charge is 0.0402 e. The molecule has 3 nitrogen and oxygen atoms in total. The van der Waals surface area contributed by atoms with E-state index in [1.807, 2.05) is 24.3 Å². The fourth-order valence-corrected chi connectivity index (χ4v) is 1.06. The Morgan fingerprint density at radius 2 is 1.20 bits per heavy atom. The molecule has 0 saturated carbocycles. The molecular weight excluding hydrogens is 288 g/mol. The summed E-state index contributed by atoms with van der Waals surface area (Å²) >= 11 is 0. The number of hydrogen-bond acceptors (Lipinski definition) is 3. The van der Waals surface area contributed by atoms with E-state index in [1.54, 1.807) is 20.8 Å². The molecule has 0 saturated heterocycles. The molecule has 0 heterocycles. The van der Waals surface area contributed by atoms with E-state index in [0.717, 1.165) is 0 Å². The minimum Gasteiger partial charge on any atom is -0.397 e. The van der Waals surface area contributed by atoms with Gasteiger partial charge < -0.3 is 15.3 Å². The molecule has 3 N–H and O–H groups in total. The first-order valence-corrected chi connectivity index (χ1v) is 6.39. The van der Waals surface area contributed by atoms with E-state index in [2.05, 4.69) is 24.3 Å². The largest absolute Gasteiger partial charge is 0.397 e. The van der Waals surface area contributed by atoms with E-state index in [-0.39, 0.29) is 41.5 Å². The predicted octanol–water partition coefficient (Wildman–Crippen LogP) is 2.63. The topological polar surface area (TPSA) is 60.7 Å². The normalized spacial score (nSPS) is 7.70. The summed E-state index contributed by atoms with van der Waals surface area (Å²) in [5.41, 5.74) is 0. The molecule has 2 aromatic rings. The van der Waals surface area contributed by atoms with E-state index >= 15 is 0 Å². The van der Waals surface area contributed by atoms with Crippen LogP contribution in [0.1, 0.15) is 20.8 Å². The van der Waals surface area contributed by atoms with Crippen LogP contribution in [0.3, 0.4) is 0 Å². The van der Waals surface area contributed by atoms with Gasteiger partial charge in [-0.1, -0.05) is 12.1 Å². The maximum Gasteiger partial charge on any atom is 0.0402 e. The molecule has 0 fully saturated rings. The maximum absolute atomic E-state index is 7.57. The molecule has 2 rings (SSSR count). The van der Waals surface area contributed by atoms with Crippen molar-refractivity contribution in [2.75, 3.05) is 19.8 Å². The minimum absolute atomic E-state index is 0. The van der Waals surface area contributed by atoms with E-state index < -0.39 is 0 Å². The van der Waals surface area contributed by atoms with Gasteiger partial charge in [-0.3, -0.25) is 0 Å². The van der Waals surface area contributed by atoms with Gasteiger partial charge in [-0.15, -0.1) is 47.2 Å². The number of hydrogen-bond donors (Lipinski definition) is 3. The molecule has 0 bridgehead atoms. The van der Waals surface area contributed by atoms with Crippen molar-refractivity contribution in [3.63, 3.8) is 0 Å². The molecule has 2 aromatic carbocycles. The van der Waals surface area contributed by atoms with E-state index in [4.69, 9.17) is 15.3 Å². The van der Waals surface area contributed by atoms with Crippen molar-refractivity contribution >= 4 is 10.8 Å². The Balaban J connectivity index is -0.000000247. The summed E-state index contributed by atoms with van der Waals surface area (Å²) in [5.74, 6) is 0. The van der Waals surface area contributed by atoms with Gasteiger partial charge in [0.2, 0.25) is 0 Å². The minimum atomic E-state index is 0. The Hall–Kier alpha value is -0.706. The zero-order valence-electron chi connectivity index (χ0n) is 12.5. The Labute approximate surface area is 137 Å². The molecule has 0 aliphatic carbocycles. The van der Waals surface area contributed by atoms with Crippen LogP contribution in [-0.4, -0.2) is 35.1 Å². The molecular formula is C16H25O3Ti-. The summed E-state index contributed by atoms with van der Waals surface area (Å²) in [4.78, 5) is 0. The third-order valence-electron chi connectivity index (χ3n) is 1.57. The Morgan fingerprint density at radius 3 is 1.65 bits per heavy atom. The molecule has 0 atom stereocenters. The van der Waals surface area contributed by atoms with Crippen LogP contribution in [0.25, 0.3) is 10.8 Å². The van der Waals surface area contributed by atoms with Crippen molar-refractivity contribution in [2.24, 2.45) is 0 Å². The third-order valence-corrected chi connectivity index (χ3v) is 1.57. The van der Waals surface area contributed by atoms with Crippen molar-refractivity contribution in [1.29, 1.82) is 0 Å². The van der Waals surface area contributed by atoms with Crippen LogP contribution in [0.15, 0.2) is 42.5 Å². The van der Waals surface area contributed by atoms with E-state index in [0.29, 0.717) is 0 Å². The van der Waals surface area contributed by atoms with Crippen molar-refractivity contribution in [3.8, 4) is 0 Å². The quantitative estimate of drug-likeness (QED) is 0.517. The van der Waals surface area contributed by atoms with Crippen LogP contribution in [-0.2, 0) is 21.7 Å². The van der Waals surface area contributed by atoms with Crippen LogP contribution >= 0.6 is 0 Å². The number of rotatable bonds is 0. The molecule has 20 heavy (non-hydrogen) atoms. The van der Waals surface area contributed by atoms with Gasteiger partial charge in [-0.2, -0.15) is 0 Å². The molecule has 112 valence electrons. The summed E-state index contributed by atoms with van der Waals surface area (Å²) < 4.78 is 0.